The Balaban J connectivity index is 1.70. The lowest BCUT2D eigenvalue weighted by atomic mass is 10.1. The minimum atomic E-state index is -0.492. The summed E-state index contributed by atoms with van der Waals surface area (Å²) in [6, 6.07) is 7.89. The van der Waals surface area contributed by atoms with E-state index in [1.807, 2.05) is 24.3 Å². The zero-order valence-electron chi connectivity index (χ0n) is 11.1. The minimum Gasteiger partial charge on any atom is -0.469 e. The van der Waals surface area contributed by atoms with Gasteiger partial charge in [0.15, 0.2) is 0 Å². The van der Waals surface area contributed by atoms with Gasteiger partial charge >= 0.3 is 0 Å². The number of aromatic nitrogens is 1. The lowest BCUT2D eigenvalue weighted by Crippen LogP contribution is -2.30. The van der Waals surface area contributed by atoms with Crippen molar-refractivity contribution in [3.05, 3.63) is 54.2 Å². The van der Waals surface area contributed by atoms with Gasteiger partial charge < -0.3 is 14.8 Å². The molecule has 2 atom stereocenters. The highest BCUT2D eigenvalue weighted by Crippen LogP contribution is 2.11. The number of nitrogens with zero attached hydrogens (tertiary/aromatic N) is 1. The first kappa shape index (κ1) is 13.8. The summed E-state index contributed by atoms with van der Waals surface area (Å²) >= 11 is 0. The highest BCUT2D eigenvalue weighted by Gasteiger charge is 2.09. The summed E-state index contributed by atoms with van der Waals surface area (Å²) in [6.07, 6.45) is 6.48. The van der Waals surface area contributed by atoms with Crippen LogP contribution in [0, 0.1) is 0 Å². The smallest absolute Gasteiger partial charge is 0.103 e. The SMILES string of the molecule is CC(CCc1ccco1)NCC(O)c1ccncc1. The second-order valence-electron chi connectivity index (χ2n) is 4.72. The van der Waals surface area contributed by atoms with Gasteiger partial charge in [0.1, 0.15) is 5.76 Å². The maximum absolute atomic E-state index is 10.0. The number of rotatable bonds is 7. The number of aliphatic hydroxyl groups excluding tert-OH is 1. The van der Waals surface area contributed by atoms with E-state index in [1.54, 1.807) is 18.7 Å². The van der Waals surface area contributed by atoms with Gasteiger partial charge in [0, 0.05) is 31.4 Å². The van der Waals surface area contributed by atoms with Gasteiger partial charge in [-0.05, 0) is 43.2 Å². The van der Waals surface area contributed by atoms with E-state index in [1.165, 1.54) is 0 Å². The molecule has 0 bridgehead atoms. The first-order valence-electron chi connectivity index (χ1n) is 6.59. The molecule has 2 heterocycles. The molecule has 19 heavy (non-hydrogen) atoms. The monoisotopic (exact) mass is 260 g/mol. The van der Waals surface area contributed by atoms with Crippen molar-refractivity contribution >= 4 is 0 Å². The van der Waals surface area contributed by atoms with Crippen molar-refractivity contribution in [2.45, 2.75) is 31.9 Å². The fraction of sp³-hybridized carbons (Fsp3) is 0.400. The third-order valence-corrected chi connectivity index (χ3v) is 3.15. The molecule has 0 amide bonds. The van der Waals surface area contributed by atoms with E-state index < -0.39 is 6.10 Å². The predicted molar refractivity (Wildman–Crippen MR) is 73.7 cm³/mol. The number of aryl methyl sites for hydroxylation is 1. The van der Waals surface area contributed by atoms with Gasteiger partial charge in [0.25, 0.3) is 0 Å². The van der Waals surface area contributed by atoms with E-state index in [9.17, 15) is 5.11 Å². The Morgan fingerprint density at radius 1 is 1.32 bits per heavy atom. The molecule has 0 saturated carbocycles. The van der Waals surface area contributed by atoms with Gasteiger partial charge in [-0.15, -0.1) is 0 Å². The molecule has 0 aliphatic rings. The first-order valence-corrected chi connectivity index (χ1v) is 6.59. The van der Waals surface area contributed by atoms with Gasteiger partial charge in [0.2, 0.25) is 0 Å². The number of aliphatic hydroxyl groups is 1. The molecule has 0 fully saturated rings. The molecule has 0 radical (unpaired) electrons. The van der Waals surface area contributed by atoms with Crippen molar-refractivity contribution in [3.8, 4) is 0 Å². The number of nitrogens with one attached hydrogen (secondary N) is 1. The summed E-state index contributed by atoms with van der Waals surface area (Å²) in [5.41, 5.74) is 0.890. The predicted octanol–water partition coefficient (Wildman–Crippen LogP) is 2.32. The number of furan rings is 1. The standard InChI is InChI=1S/C15H20N2O2/c1-12(4-5-14-3-2-10-19-14)17-11-15(18)13-6-8-16-9-7-13/h2-3,6-10,12,15,17-18H,4-5,11H2,1H3. The topological polar surface area (TPSA) is 58.3 Å². The fourth-order valence-electron chi connectivity index (χ4n) is 1.93. The van der Waals surface area contributed by atoms with Crippen LogP contribution < -0.4 is 5.32 Å². The van der Waals surface area contributed by atoms with Crippen molar-refractivity contribution in [1.29, 1.82) is 0 Å². The van der Waals surface area contributed by atoms with Crippen LogP contribution in [-0.2, 0) is 6.42 Å². The Bertz CT molecular complexity index is 456. The van der Waals surface area contributed by atoms with Crippen LogP contribution in [-0.4, -0.2) is 22.7 Å². The van der Waals surface area contributed by atoms with Crippen molar-refractivity contribution in [3.63, 3.8) is 0 Å². The highest BCUT2D eigenvalue weighted by atomic mass is 16.3. The van der Waals surface area contributed by atoms with E-state index in [4.69, 9.17) is 4.42 Å². The van der Waals surface area contributed by atoms with Crippen LogP contribution in [0.3, 0.4) is 0 Å². The molecule has 2 aromatic rings. The molecule has 2 aromatic heterocycles. The molecule has 0 aliphatic heterocycles. The summed E-state index contributed by atoms with van der Waals surface area (Å²) in [4.78, 5) is 3.94. The Labute approximate surface area is 113 Å². The molecule has 4 nitrogen and oxygen atoms in total. The Kier molecular flexibility index (Phi) is 5.12. The molecule has 0 aliphatic carbocycles. The maximum Gasteiger partial charge on any atom is 0.103 e. The third kappa shape index (κ3) is 4.50. The van der Waals surface area contributed by atoms with Crippen LogP contribution in [0.1, 0.15) is 30.8 Å². The lowest BCUT2D eigenvalue weighted by molar-refractivity contribution is 0.170. The van der Waals surface area contributed by atoms with Crippen LogP contribution in [0.2, 0.25) is 0 Å². The van der Waals surface area contributed by atoms with E-state index in [2.05, 4.69) is 17.2 Å². The molecule has 2 N–H and O–H groups in total. The molecule has 0 spiro atoms. The maximum atomic E-state index is 10.0. The average Bonchev–Trinajstić information content (AvgIpc) is 2.96. The summed E-state index contributed by atoms with van der Waals surface area (Å²) in [6.45, 7) is 2.66. The summed E-state index contributed by atoms with van der Waals surface area (Å²) in [7, 11) is 0. The quantitative estimate of drug-likeness (QED) is 0.802. The van der Waals surface area contributed by atoms with Crippen LogP contribution in [0.15, 0.2) is 47.3 Å². The zero-order valence-corrected chi connectivity index (χ0v) is 11.1. The molecule has 4 heteroatoms. The van der Waals surface area contributed by atoms with Crippen molar-refractivity contribution in [2.75, 3.05) is 6.54 Å². The van der Waals surface area contributed by atoms with Gasteiger partial charge in [-0.3, -0.25) is 4.98 Å². The van der Waals surface area contributed by atoms with Crippen molar-refractivity contribution in [1.82, 2.24) is 10.3 Å². The lowest BCUT2D eigenvalue weighted by Gasteiger charge is -2.16. The van der Waals surface area contributed by atoms with E-state index in [0.29, 0.717) is 12.6 Å². The Morgan fingerprint density at radius 3 is 2.79 bits per heavy atom. The molecular weight excluding hydrogens is 240 g/mol. The number of hydrogen-bond acceptors (Lipinski definition) is 4. The molecule has 0 aromatic carbocycles. The number of hydrogen-bond donors (Lipinski definition) is 2. The summed E-state index contributed by atoms with van der Waals surface area (Å²) in [5, 5.41) is 13.3. The molecule has 102 valence electrons. The van der Waals surface area contributed by atoms with Gasteiger partial charge in [-0.1, -0.05) is 0 Å². The fourth-order valence-corrected chi connectivity index (χ4v) is 1.93. The van der Waals surface area contributed by atoms with E-state index >= 15 is 0 Å². The van der Waals surface area contributed by atoms with Crippen LogP contribution in [0.5, 0.6) is 0 Å². The van der Waals surface area contributed by atoms with Crippen LogP contribution in [0.4, 0.5) is 0 Å². The second kappa shape index (κ2) is 7.07. The van der Waals surface area contributed by atoms with Crippen LogP contribution in [0.25, 0.3) is 0 Å². The average molecular weight is 260 g/mol. The van der Waals surface area contributed by atoms with Crippen molar-refractivity contribution < 1.29 is 9.52 Å². The third-order valence-electron chi connectivity index (χ3n) is 3.15. The van der Waals surface area contributed by atoms with Gasteiger partial charge in [-0.2, -0.15) is 0 Å². The summed E-state index contributed by atoms with van der Waals surface area (Å²) in [5.74, 6) is 1.00. The number of pyridine rings is 1. The second-order valence-corrected chi connectivity index (χ2v) is 4.72. The minimum absolute atomic E-state index is 0.335. The Morgan fingerprint density at radius 2 is 2.11 bits per heavy atom. The van der Waals surface area contributed by atoms with Gasteiger partial charge in [0.05, 0.1) is 12.4 Å². The zero-order chi connectivity index (χ0) is 13.5. The Hall–Kier alpha value is -1.65. The molecule has 0 saturated heterocycles. The molecule has 2 rings (SSSR count). The highest BCUT2D eigenvalue weighted by molar-refractivity contribution is 5.13. The van der Waals surface area contributed by atoms with E-state index in [-0.39, 0.29) is 0 Å². The first-order chi connectivity index (χ1) is 9.25. The molecule has 2 unspecified atom stereocenters. The van der Waals surface area contributed by atoms with E-state index in [0.717, 1.165) is 24.2 Å². The largest absolute Gasteiger partial charge is 0.469 e. The van der Waals surface area contributed by atoms with Crippen LogP contribution >= 0.6 is 0 Å². The van der Waals surface area contributed by atoms with Crippen molar-refractivity contribution in [2.24, 2.45) is 0 Å². The summed E-state index contributed by atoms with van der Waals surface area (Å²) < 4.78 is 5.29. The van der Waals surface area contributed by atoms with Gasteiger partial charge in [-0.25, -0.2) is 0 Å². The molecular formula is C15H20N2O2. The normalized spacial score (nSPS) is 14.2.